The minimum atomic E-state index is 0.673. The summed E-state index contributed by atoms with van der Waals surface area (Å²) in [5.41, 5.74) is 4.01. The van der Waals surface area contributed by atoms with E-state index in [4.69, 9.17) is 0 Å². The molecule has 1 aromatic rings. The second-order valence-electron chi connectivity index (χ2n) is 4.19. The van der Waals surface area contributed by atoms with Crippen LogP contribution in [0.25, 0.3) is 0 Å². The highest BCUT2D eigenvalue weighted by molar-refractivity contribution is 5.28. The van der Waals surface area contributed by atoms with Crippen LogP contribution in [0.1, 0.15) is 30.8 Å². The summed E-state index contributed by atoms with van der Waals surface area (Å²) in [6.45, 7) is 9.61. The standard InChI is InChI=1S/C10H17N3/c1-7(2)6-13-8(3)9-4-11-5-10(9)12-13/h7,11H,4-6H2,1-3H3. The molecule has 3 nitrogen and oxygen atoms in total. The summed E-state index contributed by atoms with van der Waals surface area (Å²) in [7, 11) is 0. The molecular formula is C10H17N3. The van der Waals surface area contributed by atoms with Crippen molar-refractivity contribution in [2.24, 2.45) is 5.92 Å². The Bertz CT molecular complexity index is 312. The van der Waals surface area contributed by atoms with Crippen molar-refractivity contribution in [3.8, 4) is 0 Å². The molecule has 1 aromatic heterocycles. The zero-order valence-electron chi connectivity index (χ0n) is 8.59. The van der Waals surface area contributed by atoms with Crippen LogP contribution >= 0.6 is 0 Å². The van der Waals surface area contributed by atoms with Crippen molar-refractivity contribution >= 4 is 0 Å². The predicted octanol–water partition coefficient (Wildman–Crippen LogP) is 1.45. The van der Waals surface area contributed by atoms with Crippen LogP contribution in [0.2, 0.25) is 0 Å². The molecule has 0 aromatic carbocycles. The maximum atomic E-state index is 4.58. The van der Waals surface area contributed by atoms with Crippen molar-refractivity contribution < 1.29 is 0 Å². The molecule has 1 aliphatic heterocycles. The molecule has 0 bridgehead atoms. The molecule has 0 atom stereocenters. The molecule has 2 rings (SSSR count). The van der Waals surface area contributed by atoms with E-state index in [1.54, 1.807) is 0 Å². The lowest BCUT2D eigenvalue weighted by molar-refractivity contribution is 0.467. The van der Waals surface area contributed by atoms with Crippen LogP contribution in [-0.4, -0.2) is 9.78 Å². The lowest BCUT2D eigenvalue weighted by atomic mass is 10.2. The van der Waals surface area contributed by atoms with Gasteiger partial charge in [0.25, 0.3) is 0 Å². The molecule has 1 N–H and O–H groups in total. The smallest absolute Gasteiger partial charge is 0.0810 e. The molecule has 3 heteroatoms. The van der Waals surface area contributed by atoms with Gasteiger partial charge in [-0.2, -0.15) is 5.10 Å². The zero-order valence-corrected chi connectivity index (χ0v) is 8.59. The molecular weight excluding hydrogens is 162 g/mol. The van der Waals surface area contributed by atoms with Crippen molar-refractivity contribution in [2.75, 3.05) is 0 Å². The van der Waals surface area contributed by atoms with Gasteiger partial charge in [-0.05, 0) is 12.8 Å². The minimum Gasteiger partial charge on any atom is -0.307 e. The van der Waals surface area contributed by atoms with E-state index in [9.17, 15) is 0 Å². The Morgan fingerprint density at radius 2 is 2.23 bits per heavy atom. The van der Waals surface area contributed by atoms with Gasteiger partial charge in [0.15, 0.2) is 0 Å². The Kier molecular flexibility index (Phi) is 2.12. The molecule has 0 fully saturated rings. The summed E-state index contributed by atoms with van der Waals surface area (Å²) in [4.78, 5) is 0. The second-order valence-corrected chi connectivity index (χ2v) is 4.19. The topological polar surface area (TPSA) is 29.9 Å². The summed E-state index contributed by atoms with van der Waals surface area (Å²) in [6.07, 6.45) is 0. The summed E-state index contributed by atoms with van der Waals surface area (Å²) in [6, 6.07) is 0. The first-order valence-corrected chi connectivity index (χ1v) is 4.94. The van der Waals surface area contributed by atoms with Gasteiger partial charge in [0.2, 0.25) is 0 Å². The first-order chi connectivity index (χ1) is 6.18. The quantitative estimate of drug-likeness (QED) is 0.744. The number of fused-ring (bicyclic) bond motifs is 1. The Balaban J connectivity index is 2.28. The monoisotopic (exact) mass is 179 g/mol. The first kappa shape index (κ1) is 8.75. The molecule has 13 heavy (non-hydrogen) atoms. The minimum absolute atomic E-state index is 0.673. The van der Waals surface area contributed by atoms with Gasteiger partial charge in [0.1, 0.15) is 0 Å². The van der Waals surface area contributed by atoms with Crippen molar-refractivity contribution in [1.29, 1.82) is 0 Å². The van der Waals surface area contributed by atoms with E-state index in [1.807, 2.05) is 0 Å². The van der Waals surface area contributed by atoms with E-state index >= 15 is 0 Å². The molecule has 0 saturated carbocycles. The largest absolute Gasteiger partial charge is 0.307 e. The highest BCUT2D eigenvalue weighted by atomic mass is 15.3. The van der Waals surface area contributed by atoms with Crippen LogP contribution in [-0.2, 0) is 19.6 Å². The summed E-state index contributed by atoms with van der Waals surface area (Å²) < 4.78 is 2.15. The van der Waals surface area contributed by atoms with Gasteiger partial charge in [-0.25, -0.2) is 0 Å². The SMILES string of the molecule is Cc1c2c(nn1CC(C)C)CNC2. The van der Waals surface area contributed by atoms with Gasteiger partial charge >= 0.3 is 0 Å². The van der Waals surface area contributed by atoms with Crippen LogP contribution in [0, 0.1) is 12.8 Å². The fourth-order valence-electron chi connectivity index (χ4n) is 1.85. The number of hydrogen-bond acceptors (Lipinski definition) is 2. The van der Waals surface area contributed by atoms with Gasteiger partial charge in [-0.15, -0.1) is 0 Å². The van der Waals surface area contributed by atoms with Crippen molar-refractivity contribution in [1.82, 2.24) is 15.1 Å². The highest BCUT2D eigenvalue weighted by Gasteiger charge is 2.18. The zero-order chi connectivity index (χ0) is 9.42. The maximum Gasteiger partial charge on any atom is 0.0810 e. The number of nitrogens with zero attached hydrogens (tertiary/aromatic N) is 2. The van der Waals surface area contributed by atoms with Crippen LogP contribution in [0.4, 0.5) is 0 Å². The third kappa shape index (κ3) is 1.48. The maximum absolute atomic E-state index is 4.58. The van der Waals surface area contributed by atoms with Crippen molar-refractivity contribution in [3.63, 3.8) is 0 Å². The van der Waals surface area contributed by atoms with E-state index in [0.29, 0.717) is 5.92 Å². The molecule has 0 unspecified atom stereocenters. The molecule has 0 aliphatic carbocycles. The second kappa shape index (κ2) is 3.14. The highest BCUT2D eigenvalue weighted by Crippen LogP contribution is 2.19. The van der Waals surface area contributed by atoms with E-state index in [2.05, 4.69) is 35.9 Å². The van der Waals surface area contributed by atoms with Gasteiger partial charge in [0.05, 0.1) is 5.69 Å². The third-order valence-electron chi connectivity index (χ3n) is 2.55. The normalized spacial score (nSPS) is 15.4. The average Bonchev–Trinajstić information content (AvgIpc) is 2.56. The van der Waals surface area contributed by atoms with Gasteiger partial charge in [-0.1, -0.05) is 13.8 Å². The molecule has 0 spiro atoms. The molecule has 0 amide bonds. The van der Waals surface area contributed by atoms with Crippen molar-refractivity contribution in [3.05, 3.63) is 17.0 Å². The van der Waals surface area contributed by atoms with Gasteiger partial charge < -0.3 is 5.32 Å². The molecule has 72 valence electrons. The van der Waals surface area contributed by atoms with E-state index in [-0.39, 0.29) is 0 Å². The Labute approximate surface area is 79.1 Å². The predicted molar refractivity (Wildman–Crippen MR) is 52.3 cm³/mol. The lowest BCUT2D eigenvalue weighted by Crippen LogP contribution is -2.11. The van der Waals surface area contributed by atoms with E-state index in [1.165, 1.54) is 17.0 Å². The fraction of sp³-hybridized carbons (Fsp3) is 0.700. The molecule has 0 radical (unpaired) electrons. The lowest BCUT2D eigenvalue weighted by Gasteiger charge is -2.08. The molecule has 0 saturated heterocycles. The van der Waals surface area contributed by atoms with Crippen LogP contribution in [0.3, 0.4) is 0 Å². The van der Waals surface area contributed by atoms with E-state index in [0.717, 1.165) is 19.6 Å². The van der Waals surface area contributed by atoms with Crippen LogP contribution < -0.4 is 5.32 Å². The summed E-state index contributed by atoms with van der Waals surface area (Å²) in [5, 5.41) is 7.90. The molecule has 1 aliphatic rings. The van der Waals surface area contributed by atoms with Gasteiger partial charge in [-0.3, -0.25) is 4.68 Å². The Morgan fingerprint density at radius 1 is 1.46 bits per heavy atom. The number of hydrogen-bond donors (Lipinski definition) is 1. The fourth-order valence-corrected chi connectivity index (χ4v) is 1.85. The van der Waals surface area contributed by atoms with Crippen molar-refractivity contribution in [2.45, 2.75) is 40.4 Å². The third-order valence-corrected chi connectivity index (χ3v) is 2.55. The Morgan fingerprint density at radius 3 is 2.85 bits per heavy atom. The number of nitrogens with one attached hydrogen (secondary N) is 1. The van der Waals surface area contributed by atoms with Crippen LogP contribution in [0.5, 0.6) is 0 Å². The number of aromatic nitrogens is 2. The van der Waals surface area contributed by atoms with Gasteiger partial charge in [0, 0.05) is 30.9 Å². The summed E-state index contributed by atoms with van der Waals surface area (Å²) in [5.74, 6) is 0.673. The molecule has 2 heterocycles. The first-order valence-electron chi connectivity index (χ1n) is 4.94. The Hall–Kier alpha value is -0.830. The van der Waals surface area contributed by atoms with E-state index < -0.39 is 0 Å². The van der Waals surface area contributed by atoms with Crippen LogP contribution in [0.15, 0.2) is 0 Å². The summed E-state index contributed by atoms with van der Waals surface area (Å²) >= 11 is 0. The average molecular weight is 179 g/mol. The number of rotatable bonds is 2.